The summed E-state index contributed by atoms with van der Waals surface area (Å²) in [5.41, 5.74) is 5.84. The lowest BCUT2D eigenvalue weighted by molar-refractivity contribution is -0.118. The molecule has 6 heteroatoms. The minimum Gasteiger partial charge on any atom is -0.482 e. The van der Waals surface area contributed by atoms with Crippen molar-refractivity contribution in [3.8, 4) is 33.8 Å². The molecule has 0 spiro atoms. The van der Waals surface area contributed by atoms with Gasteiger partial charge in [0.2, 0.25) is 0 Å². The Morgan fingerprint density at radius 1 is 1.00 bits per heavy atom. The largest absolute Gasteiger partial charge is 0.482 e. The molecule has 1 aliphatic heterocycles. The number of benzene rings is 3. The molecular weight excluding hydrogens is 381 g/mol. The van der Waals surface area contributed by atoms with Crippen molar-refractivity contribution in [1.82, 2.24) is 9.78 Å². The second kappa shape index (κ2) is 7.15. The highest BCUT2D eigenvalue weighted by Gasteiger charge is 2.22. The van der Waals surface area contributed by atoms with E-state index in [1.807, 2.05) is 60.1 Å². The number of amides is 1. The van der Waals surface area contributed by atoms with Gasteiger partial charge in [0, 0.05) is 11.1 Å². The monoisotopic (exact) mass is 399 g/mol. The van der Waals surface area contributed by atoms with Crippen molar-refractivity contribution < 1.29 is 13.9 Å². The highest BCUT2D eigenvalue weighted by atomic mass is 19.1. The number of aromatic nitrogens is 2. The molecule has 0 saturated heterocycles. The average molecular weight is 399 g/mol. The molecule has 1 aromatic heterocycles. The summed E-state index contributed by atoms with van der Waals surface area (Å²) in [6.45, 7) is 1.95. The normalized spacial score (nSPS) is 12.8. The third-order valence-electron chi connectivity index (χ3n) is 5.08. The van der Waals surface area contributed by atoms with Crippen molar-refractivity contribution in [1.29, 1.82) is 0 Å². The van der Waals surface area contributed by atoms with Crippen LogP contribution in [0.25, 0.3) is 28.1 Å². The van der Waals surface area contributed by atoms with Crippen molar-refractivity contribution in [2.24, 2.45) is 0 Å². The summed E-state index contributed by atoms with van der Waals surface area (Å²) in [6.07, 6.45) is 0. The van der Waals surface area contributed by atoms with Gasteiger partial charge in [-0.2, -0.15) is 5.10 Å². The van der Waals surface area contributed by atoms with Gasteiger partial charge in [-0.25, -0.2) is 9.07 Å². The Balaban J connectivity index is 1.74. The molecule has 3 aromatic carbocycles. The van der Waals surface area contributed by atoms with Crippen molar-refractivity contribution in [3.63, 3.8) is 0 Å². The van der Waals surface area contributed by atoms with Gasteiger partial charge in [-0.15, -0.1) is 0 Å². The number of carbonyl (C=O) groups excluding carboxylic acids is 1. The zero-order chi connectivity index (χ0) is 20.7. The molecule has 0 bridgehead atoms. The van der Waals surface area contributed by atoms with Gasteiger partial charge in [0.1, 0.15) is 11.6 Å². The second-order valence-electron chi connectivity index (χ2n) is 7.11. The van der Waals surface area contributed by atoms with E-state index in [9.17, 15) is 9.18 Å². The van der Waals surface area contributed by atoms with E-state index in [-0.39, 0.29) is 18.3 Å². The molecule has 5 rings (SSSR count). The molecule has 0 aliphatic carbocycles. The topological polar surface area (TPSA) is 56.2 Å². The van der Waals surface area contributed by atoms with Gasteiger partial charge < -0.3 is 10.1 Å². The Hall–Kier alpha value is -3.93. The van der Waals surface area contributed by atoms with Crippen LogP contribution in [-0.4, -0.2) is 22.3 Å². The molecule has 0 unspecified atom stereocenters. The van der Waals surface area contributed by atoms with Crippen LogP contribution in [0.4, 0.5) is 10.1 Å². The maximum absolute atomic E-state index is 13.6. The SMILES string of the molecule is Cc1nn(-c2ccccc2)c(-c2ccc(F)cc2)c1-c1ccc2c(c1)NC(=O)CO2. The van der Waals surface area contributed by atoms with Gasteiger partial charge in [-0.3, -0.25) is 4.79 Å². The summed E-state index contributed by atoms with van der Waals surface area (Å²) in [4.78, 5) is 11.8. The predicted molar refractivity (Wildman–Crippen MR) is 113 cm³/mol. The molecule has 4 aromatic rings. The summed E-state index contributed by atoms with van der Waals surface area (Å²) in [5.74, 6) is 0.154. The molecule has 30 heavy (non-hydrogen) atoms. The first kappa shape index (κ1) is 18.1. The van der Waals surface area contributed by atoms with Gasteiger partial charge in [-0.05, 0) is 61.0 Å². The molecule has 148 valence electrons. The number of nitrogens with one attached hydrogen (secondary N) is 1. The maximum atomic E-state index is 13.6. The van der Waals surface area contributed by atoms with E-state index in [1.165, 1.54) is 12.1 Å². The quantitative estimate of drug-likeness (QED) is 0.528. The first-order chi connectivity index (χ1) is 14.6. The molecule has 1 N–H and O–H groups in total. The minimum absolute atomic E-state index is 0.0120. The van der Waals surface area contributed by atoms with Crippen LogP contribution in [-0.2, 0) is 4.79 Å². The third kappa shape index (κ3) is 3.12. The van der Waals surface area contributed by atoms with Gasteiger partial charge in [-0.1, -0.05) is 24.3 Å². The van der Waals surface area contributed by atoms with Crippen LogP contribution in [0.2, 0.25) is 0 Å². The van der Waals surface area contributed by atoms with E-state index in [2.05, 4.69) is 5.32 Å². The smallest absolute Gasteiger partial charge is 0.262 e. The number of rotatable bonds is 3. The standard InChI is InChI=1S/C24H18FN3O2/c1-15-23(17-9-12-21-20(13-17)26-22(29)14-30-21)24(16-7-10-18(25)11-8-16)28(27-15)19-5-3-2-4-6-19/h2-13H,14H2,1H3,(H,26,29). The summed E-state index contributed by atoms with van der Waals surface area (Å²) < 4.78 is 21.0. The number of nitrogens with zero attached hydrogens (tertiary/aromatic N) is 2. The van der Waals surface area contributed by atoms with Crippen molar-refractivity contribution in [2.45, 2.75) is 6.92 Å². The third-order valence-corrected chi connectivity index (χ3v) is 5.08. The molecule has 0 radical (unpaired) electrons. The Bertz CT molecular complexity index is 1250. The molecule has 1 aliphatic rings. The Kier molecular flexibility index (Phi) is 4.32. The van der Waals surface area contributed by atoms with Crippen LogP contribution in [0.1, 0.15) is 5.69 Å². The zero-order valence-corrected chi connectivity index (χ0v) is 16.2. The second-order valence-corrected chi connectivity index (χ2v) is 7.11. The van der Waals surface area contributed by atoms with Gasteiger partial charge in [0.05, 0.1) is 22.8 Å². The summed E-state index contributed by atoms with van der Waals surface area (Å²) >= 11 is 0. The van der Waals surface area contributed by atoms with Crippen LogP contribution in [0.15, 0.2) is 72.8 Å². The first-order valence-corrected chi connectivity index (χ1v) is 9.58. The van der Waals surface area contributed by atoms with E-state index in [0.29, 0.717) is 11.4 Å². The summed E-state index contributed by atoms with van der Waals surface area (Å²) in [6, 6.07) is 21.9. The van der Waals surface area contributed by atoms with Crippen molar-refractivity contribution >= 4 is 11.6 Å². The first-order valence-electron chi connectivity index (χ1n) is 9.58. The maximum Gasteiger partial charge on any atom is 0.262 e. The lowest BCUT2D eigenvalue weighted by Gasteiger charge is -2.19. The van der Waals surface area contributed by atoms with Crippen LogP contribution in [0.5, 0.6) is 5.75 Å². The van der Waals surface area contributed by atoms with E-state index in [1.54, 1.807) is 12.1 Å². The van der Waals surface area contributed by atoms with Gasteiger partial charge in [0.15, 0.2) is 6.61 Å². The van der Waals surface area contributed by atoms with Crippen molar-refractivity contribution in [2.75, 3.05) is 11.9 Å². The summed E-state index contributed by atoms with van der Waals surface area (Å²) in [5, 5.41) is 7.64. The number of hydrogen-bond acceptors (Lipinski definition) is 3. The van der Waals surface area contributed by atoms with E-state index >= 15 is 0 Å². The Labute approximate surface area is 172 Å². The average Bonchev–Trinajstić information content (AvgIpc) is 3.11. The molecule has 0 atom stereocenters. The predicted octanol–water partition coefficient (Wildman–Crippen LogP) is 4.98. The fourth-order valence-electron chi connectivity index (χ4n) is 3.74. The molecular formula is C24H18FN3O2. The molecule has 0 saturated carbocycles. The number of hydrogen-bond donors (Lipinski definition) is 1. The van der Waals surface area contributed by atoms with E-state index in [4.69, 9.17) is 9.84 Å². The highest BCUT2D eigenvalue weighted by Crippen LogP contribution is 2.40. The fraction of sp³-hybridized carbons (Fsp3) is 0.0833. The zero-order valence-electron chi connectivity index (χ0n) is 16.2. The van der Waals surface area contributed by atoms with Gasteiger partial charge in [0.25, 0.3) is 5.91 Å². The van der Waals surface area contributed by atoms with Crippen LogP contribution < -0.4 is 10.1 Å². The van der Waals surface area contributed by atoms with Crippen LogP contribution in [0.3, 0.4) is 0 Å². The minimum atomic E-state index is -0.295. The number of para-hydroxylation sites is 1. The fourth-order valence-corrected chi connectivity index (χ4v) is 3.74. The summed E-state index contributed by atoms with van der Waals surface area (Å²) in [7, 11) is 0. The molecule has 1 amide bonds. The number of carbonyl (C=O) groups is 1. The number of halogens is 1. The lowest BCUT2D eigenvalue weighted by atomic mass is 9.98. The van der Waals surface area contributed by atoms with E-state index < -0.39 is 0 Å². The number of aryl methyl sites for hydroxylation is 1. The van der Waals surface area contributed by atoms with Gasteiger partial charge >= 0.3 is 0 Å². The molecule has 5 nitrogen and oxygen atoms in total. The lowest BCUT2D eigenvalue weighted by Crippen LogP contribution is -2.25. The van der Waals surface area contributed by atoms with Crippen LogP contribution in [0, 0.1) is 12.7 Å². The number of anilines is 1. The molecule has 2 heterocycles. The molecule has 0 fully saturated rings. The highest BCUT2D eigenvalue weighted by molar-refractivity contribution is 5.97. The van der Waals surface area contributed by atoms with Crippen molar-refractivity contribution in [3.05, 3.63) is 84.3 Å². The number of fused-ring (bicyclic) bond motifs is 1. The Morgan fingerprint density at radius 2 is 1.73 bits per heavy atom. The number of ether oxygens (including phenoxy) is 1. The van der Waals surface area contributed by atoms with Crippen LogP contribution >= 0.6 is 0 Å². The Morgan fingerprint density at radius 3 is 2.50 bits per heavy atom. The van der Waals surface area contributed by atoms with E-state index in [0.717, 1.165) is 33.8 Å².